The number of hydrogen-bond acceptors (Lipinski definition) is 9. The number of aliphatic carboxylic acids is 2. The lowest BCUT2D eigenvalue weighted by atomic mass is 9.74. The van der Waals surface area contributed by atoms with Crippen molar-refractivity contribution in [1.29, 1.82) is 0 Å². The highest BCUT2D eigenvalue weighted by Crippen LogP contribution is 2.44. The predicted molar refractivity (Wildman–Crippen MR) is 120 cm³/mol. The van der Waals surface area contributed by atoms with Crippen molar-refractivity contribution in [1.82, 2.24) is 9.97 Å². The van der Waals surface area contributed by atoms with Crippen molar-refractivity contribution in [3.63, 3.8) is 0 Å². The Labute approximate surface area is 196 Å². The molecule has 3 atom stereocenters. The first kappa shape index (κ1) is 24.9. The van der Waals surface area contributed by atoms with Crippen LogP contribution in [0.25, 0.3) is 0 Å². The summed E-state index contributed by atoms with van der Waals surface area (Å²) in [6.07, 6.45) is 5.48. The van der Waals surface area contributed by atoms with Gasteiger partial charge >= 0.3 is 17.9 Å². The molecule has 0 saturated heterocycles. The Bertz CT molecular complexity index is 1060. The Balaban J connectivity index is 0.000000481. The molecule has 1 aromatic carbocycles. The van der Waals surface area contributed by atoms with E-state index in [1.807, 2.05) is 19.1 Å². The first-order chi connectivity index (χ1) is 16.3. The summed E-state index contributed by atoms with van der Waals surface area (Å²) in [5.41, 5.74) is 3.78. The SMILES string of the molecule is CCOc1cc2c(cc1OC)C(c1cnc(OC)nc1)=N[C@@H]1CC[C@@H](O)C[C@H]21.O=C(O)C(=O)O. The maximum absolute atomic E-state index is 10.2. The highest BCUT2D eigenvalue weighted by Gasteiger charge is 2.37. The van der Waals surface area contributed by atoms with Gasteiger partial charge in [-0.3, -0.25) is 4.99 Å². The largest absolute Gasteiger partial charge is 0.493 e. The quantitative estimate of drug-likeness (QED) is 0.547. The molecule has 11 heteroatoms. The number of rotatable bonds is 5. The summed E-state index contributed by atoms with van der Waals surface area (Å²) in [6, 6.07) is 4.46. The standard InChI is InChI=1S/C21H25N3O4.C2H2O4/c1-4-28-19-8-14-15-7-13(25)5-6-17(15)24-20(16(14)9-18(19)26-2)12-10-22-21(27-3)23-11-12;3-1(4)2(5)6/h8-11,13,15,17,25H,4-7H2,1-3H3;(H,3,4)(H,5,6)/t13-,15-,17-;/m1./s1. The fourth-order valence-electron chi connectivity index (χ4n) is 4.15. The molecule has 11 nitrogen and oxygen atoms in total. The van der Waals surface area contributed by atoms with E-state index in [0.717, 1.165) is 41.0 Å². The van der Waals surface area contributed by atoms with E-state index in [-0.39, 0.29) is 18.1 Å². The zero-order valence-electron chi connectivity index (χ0n) is 19.1. The summed E-state index contributed by atoms with van der Waals surface area (Å²) >= 11 is 0. The topological polar surface area (TPSA) is 161 Å². The van der Waals surface area contributed by atoms with Gasteiger partial charge in [-0.2, -0.15) is 0 Å². The van der Waals surface area contributed by atoms with Crippen LogP contribution in [0.15, 0.2) is 29.5 Å². The molecular weight excluding hydrogens is 446 g/mol. The summed E-state index contributed by atoms with van der Waals surface area (Å²) in [5, 5.41) is 25.0. The van der Waals surface area contributed by atoms with E-state index in [9.17, 15) is 5.11 Å². The molecule has 1 fully saturated rings. The van der Waals surface area contributed by atoms with Gasteiger partial charge in [-0.25, -0.2) is 19.6 Å². The number of aliphatic hydroxyl groups is 1. The molecule has 1 aliphatic heterocycles. The van der Waals surface area contributed by atoms with Gasteiger partial charge in [-0.1, -0.05) is 0 Å². The van der Waals surface area contributed by atoms with Crippen molar-refractivity contribution in [2.45, 2.75) is 44.2 Å². The first-order valence-corrected chi connectivity index (χ1v) is 10.7. The van der Waals surface area contributed by atoms with Gasteiger partial charge in [0.1, 0.15) is 0 Å². The normalized spacial score (nSPS) is 20.5. The van der Waals surface area contributed by atoms with Crippen LogP contribution in [0.2, 0.25) is 0 Å². The second-order valence-corrected chi connectivity index (χ2v) is 7.71. The van der Waals surface area contributed by atoms with Gasteiger partial charge in [0, 0.05) is 29.4 Å². The van der Waals surface area contributed by atoms with E-state index in [1.54, 1.807) is 26.6 Å². The van der Waals surface area contributed by atoms with Crippen molar-refractivity contribution in [3.05, 3.63) is 41.2 Å². The third-order valence-corrected chi connectivity index (χ3v) is 5.64. The van der Waals surface area contributed by atoms with Gasteiger partial charge in [0.05, 0.1) is 38.7 Å². The van der Waals surface area contributed by atoms with E-state index in [2.05, 4.69) is 9.97 Å². The Hall–Kier alpha value is -3.73. The highest BCUT2D eigenvalue weighted by atomic mass is 16.5. The van der Waals surface area contributed by atoms with Crippen LogP contribution in [0.5, 0.6) is 17.5 Å². The molecule has 0 radical (unpaired) electrons. The van der Waals surface area contributed by atoms with Gasteiger partial charge in [0.2, 0.25) is 0 Å². The number of nitrogens with zero attached hydrogens (tertiary/aromatic N) is 3. The molecular formula is C23H27N3O8. The lowest BCUT2D eigenvalue weighted by Gasteiger charge is -2.37. The number of ether oxygens (including phenoxy) is 3. The number of carboxylic acid groups (broad SMARTS) is 2. The van der Waals surface area contributed by atoms with Crippen LogP contribution in [0.4, 0.5) is 0 Å². The van der Waals surface area contributed by atoms with E-state index < -0.39 is 11.9 Å². The Morgan fingerprint density at radius 3 is 2.26 bits per heavy atom. The molecule has 2 aliphatic rings. The van der Waals surface area contributed by atoms with Crippen molar-refractivity contribution < 1.29 is 39.1 Å². The molecule has 0 bridgehead atoms. The van der Waals surface area contributed by atoms with Crippen LogP contribution in [0.1, 0.15) is 48.8 Å². The van der Waals surface area contributed by atoms with E-state index in [1.165, 1.54) is 0 Å². The summed E-state index contributed by atoms with van der Waals surface area (Å²) in [7, 11) is 3.17. The molecule has 0 spiro atoms. The maximum Gasteiger partial charge on any atom is 0.414 e. The average Bonchev–Trinajstić information content (AvgIpc) is 2.84. The molecule has 1 saturated carbocycles. The summed E-state index contributed by atoms with van der Waals surface area (Å²) in [5.74, 6) is -2.11. The summed E-state index contributed by atoms with van der Waals surface area (Å²) < 4.78 is 16.4. The zero-order valence-corrected chi connectivity index (χ0v) is 19.1. The third-order valence-electron chi connectivity index (χ3n) is 5.64. The number of aliphatic hydroxyl groups excluding tert-OH is 1. The molecule has 0 amide bonds. The molecule has 182 valence electrons. The van der Waals surface area contributed by atoms with Crippen LogP contribution in [0, 0.1) is 0 Å². The van der Waals surface area contributed by atoms with Crippen LogP contribution in [-0.2, 0) is 9.59 Å². The summed E-state index contributed by atoms with van der Waals surface area (Å²) in [4.78, 5) is 31.7. The van der Waals surface area contributed by atoms with Gasteiger partial charge < -0.3 is 29.5 Å². The van der Waals surface area contributed by atoms with E-state index >= 15 is 0 Å². The number of hydrogen-bond donors (Lipinski definition) is 3. The summed E-state index contributed by atoms with van der Waals surface area (Å²) in [6.45, 7) is 2.51. The fourth-order valence-corrected chi connectivity index (χ4v) is 4.15. The van der Waals surface area contributed by atoms with Gasteiger partial charge in [-0.15, -0.1) is 0 Å². The first-order valence-electron chi connectivity index (χ1n) is 10.7. The minimum absolute atomic E-state index is 0.121. The molecule has 3 N–H and O–H groups in total. The monoisotopic (exact) mass is 473 g/mol. The third kappa shape index (κ3) is 5.42. The van der Waals surface area contributed by atoms with E-state index in [0.29, 0.717) is 24.8 Å². The van der Waals surface area contributed by atoms with Crippen LogP contribution < -0.4 is 14.2 Å². The molecule has 0 unspecified atom stereocenters. The Morgan fingerprint density at radius 2 is 1.71 bits per heavy atom. The molecule has 4 rings (SSSR count). The van der Waals surface area contributed by atoms with Gasteiger partial charge in [0.15, 0.2) is 11.5 Å². The predicted octanol–water partition coefficient (Wildman–Crippen LogP) is 1.90. The number of aromatic nitrogens is 2. The fraction of sp³-hybridized carbons (Fsp3) is 0.435. The number of aliphatic imine (C=N–C) groups is 1. The van der Waals surface area contributed by atoms with Crippen LogP contribution in [-0.4, -0.2) is 75.9 Å². The van der Waals surface area contributed by atoms with Crippen LogP contribution in [0.3, 0.4) is 0 Å². The van der Waals surface area contributed by atoms with Crippen LogP contribution >= 0.6 is 0 Å². The lowest BCUT2D eigenvalue weighted by molar-refractivity contribution is -0.159. The number of carbonyl (C=O) groups is 2. The highest BCUT2D eigenvalue weighted by molar-refractivity contribution is 6.27. The van der Waals surface area contributed by atoms with Gasteiger partial charge in [-0.05, 0) is 43.9 Å². The number of methoxy groups -OCH3 is 2. The lowest BCUT2D eigenvalue weighted by Crippen LogP contribution is -2.34. The molecule has 1 aromatic heterocycles. The second kappa shape index (κ2) is 10.9. The smallest absolute Gasteiger partial charge is 0.414 e. The molecule has 2 heterocycles. The Kier molecular flexibility index (Phi) is 8.00. The second-order valence-electron chi connectivity index (χ2n) is 7.71. The van der Waals surface area contributed by atoms with Gasteiger partial charge in [0.25, 0.3) is 0 Å². The van der Waals surface area contributed by atoms with Crippen molar-refractivity contribution in [2.75, 3.05) is 20.8 Å². The zero-order chi connectivity index (χ0) is 24.8. The number of benzene rings is 1. The van der Waals surface area contributed by atoms with Crippen molar-refractivity contribution in [2.24, 2.45) is 4.99 Å². The molecule has 1 aliphatic carbocycles. The minimum Gasteiger partial charge on any atom is -0.493 e. The average molecular weight is 473 g/mol. The van der Waals surface area contributed by atoms with E-state index in [4.69, 9.17) is 39.0 Å². The van der Waals surface area contributed by atoms with Crippen molar-refractivity contribution >= 4 is 17.7 Å². The minimum atomic E-state index is -1.82. The van der Waals surface area contributed by atoms with Crippen molar-refractivity contribution in [3.8, 4) is 17.5 Å². The molecule has 2 aromatic rings. The number of carboxylic acids is 2. The molecule has 34 heavy (non-hydrogen) atoms. The maximum atomic E-state index is 10.2. The Morgan fingerprint density at radius 1 is 1.03 bits per heavy atom. The number of fused-ring (bicyclic) bond motifs is 3.